The van der Waals surface area contributed by atoms with Gasteiger partial charge in [0.15, 0.2) is 17.8 Å². The zero-order chi connectivity index (χ0) is 26.4. The predicted molar refractivity (Wildman–Crippen MR) is 133 cm³/mol. The number of carbonyl (C=O) groups is 2. The maximum atomic E-state index is 13.5. The number of nitrogens with two attached hydrogens (primary N) is 1. The molecular weight excluding hydrogens is 480 g/mol. The van der Waals surface area contributed by atoms with Crippen molar-refractivity contribution in [1.29, 1.82) is 0 Å². The number of hydrogen-bond acceptors (Lipinski definition) is 9. The second kappa shape index (κ2) is 9.58. The number of rotatable bonds is 8. The Labute approximate surface area is 212 Å². The van der Waals surface area contributed by atoms with Crippen LogP contribution in [-0.4, -0.2) is 46.8 Å². The number of pyridine rings is 2. The fraction of sp³-hybridized carbons (Fsp3) is 0.385. The van der Waals surface area contributed by atoms with Gasteiger partial charge in [0.1, 0.15) is 6.10 Å². The predicted octanol–water partition coefficient (Wildman–Crippen LogP) is 1.13. The normalized spacial score (nSPS) is 15.0. The molecule has 2 unspecified atom stereocenters. The lowest BCUT2D eigenvalue weighted by Gasteiger charge is -2.17. The van der Waals surface area contributed by atoms with E-state index in [1.165, 1.54) is 11.7 Å². The van der Waals surface area contributed by atoms with Crippen molar-refractivity contribution in [2.75, 3.05) is 13.9 Å². The molecule has 0 fully saturated rings. The third-order valence-electron chi connectivity index (χ3n) is 6.89. The summed E-state index contributed by atoms with van der Waals surface area (Å²) in [4.78, 5) is 42.4. The van der Waals surface area contributed by atoms with Crippen LogP contribution >= 0.6 is 0 Å². The molecule has 37 heavy (non-hydrogen) atoms. The van der Waals surface area contributed by atoms with Crippen LogP contribution in [0.3, 0.4) is 0 Å². The van der Waals surface area contributed by atoms with Gasteiger partial charge in [0, 0.05) is 41.8 Å². The number of amides is 1. The van der Waals surface area contributed by atoms with Crippen LogP contribution < -0.4 is 26.1 Å². The first-order valence-electron chi connectivity index (χ1n) is 11.9. The lowest BCUT2D eigenvalue weighted by molar-refractivity contribution is -0.123. The van der Waals surface area contributed by atoms with Crippen LogP contribution in [0.1, 0.15) is 42.2 Å². The fourth-order valence-corrected chi connectivity index (χ4v) is 4.79. The van der Waals surface area contributed by atoms with Crippen molar-refractivity contribution in [3.05, 3.63) is 50.8 Å². The molecule has 0 bridgehead atoms. The van der Waals surface area contributed by atoms with Gasteiger partial charge in [-0.2, -0.15) is 0 Å². The van der Waals surface area contributed by atoms with Gasteiger partial charge in [0.25, 0.3) is 5.56 Å². The van der Waals surface area contributed by atoms with Crippen LogP contribution in [0.2, 0.25) is 0 Å². The molecule has 0 aliphatic carbocycles. The third-order valence-corrected chi connectivity index (χ3v) is 6.89. The molecule has 2 atom stereocenters. The summed E-state index contributed by atoms with van der Waals surface area (Å²) in [6.45, 7) is 4.11. The summed E-state index contributed by atoms with van der Waals surface area (Å²) in [5.74, 6) is 0.770. The highest BCUT2D eigenvalue weighted by molar-refractivity contribution is 5.91. The summed E-state index contributed by atoms with van der Waals surface area (Å²) in [6.07, 6.45) is -1.12. The number of hydrogen-bond donors (Lipinski definition) is 3. The van der Waals surface area contributed by atoms with Crippen molar-refractivity contribution in [2.24, 2.45) is 11.7 Å². The minimum absolute atomic E-state index is 0.0431. The zero-order valence-electron chi connectivity index (χ0n) is 20.7. The molecule has 11 nitrogen and oxygen atoms in total. The van der Waals surface area contributed by atoms with Gasteiger partial charge in [0.05, 0.1) is 36.1 Å². The molecule has 0 radical (unpaired) electrons. The van der Waals surface area contributed by atoms with E-state index >= 15 is 0 Å². The number of aldehydes is 1. The summed E-state index contributed by atoms with van der Waals surface area (Å²) >= 11 is 0. The molecule has 194 valence electrons. The molecule has 1 aromatic carbocycles. The smallest absolute Gasteiger partial charge is 0.257 e. The molecule has 0 spiro atoms. The van der Waals surface area contributed by atoms with Crippen molar-refractivity contribution >= 4 is 23.1 Å². The first-order chi connectivity index (χ1) is 17.7. The van der Waals surface area contributed by atoms with Gasteiger partial charge >= 0.3 is 0 Å². The minimum atomic E-state index is -1.49. The Hall–Kier alpha value is -3.80. The molecule has 0 saturated carbocycles. The second-order valence-electron chi connectivity index (χ2n) is 9.50. The lowest BCUT2D eigenvalue weighted by atomic mass is 9.98. The molecular formula is C26H28N4O7. The van der Waals surface area contributed by atoms with Crippen LogP contribution in [0.25, 0.3) is 22.3 Å². The van der Waals surface area contributed by atoms with Crippen LogP contribution in [0.5, 0.6) is 11.5 Å². The minimum Gasteiger partial charge on any atom is -0.454 e. The maximum Gasteiger partial charge on any atom is 0.257 e. The van der Waals surface area contributed by atoms with Gasteiger partial charge in [-0.05, 0) is 23.6 Å². The van der Waals surface area contributed by atoms with Crippen LogP contribution in [0, 0.1) is 5.92 Å². The summed E-state index contributed by atoms with van der Waals surface area (Å²) in [6, 6.07) is 4.50. The average molecular weight is 509 g/mol. The summed E-state index contributed by atoms with van der Waals surface area (Å²) < 4.78 is 17.8. The SMILES string of the molecule is COCc1c(C(O)C=O)cc2n(c1=O)Cc1c-2nc2cc3c(cc2c1CNC(=O)C(N)C(C)C)OCO3. The van der Waals surface area contributed by atoms with Crippen molar-refractivity contribution < 1.29 is 28.9 Å². The molecule has 11 heteroatoms. The first-order valence-corrected chi connectivity index (χ1v) is 11.9. The Morgan fingerprint density at radius 1 is 1.27 bits per heavy atom. The number of carbonyl (C=O) groups excluding carboxylic acids is 2. The lowest BCUT2D eigenvalue weighted by Crippen LogP contribution is -2.43. The molecule has 2 aliphatic rings. The second-order valence-corrected chi connectivity index (χ2v) is 9.50. The van der Waals surface area contributed by atoms with Crippen molar-refractivity contribution in [2.45, 2.75) is 45.7 Å². The third kappa shape index (κ3) is 4.14. The number of methoxy groups -OCH3 is 1. The van der Waals surface area contributed by atoms with E-state index < -0.39 is 12.1 Å². The number of nitrogens with zero attached hydrogens (tertiary/aromatic N) is 2. The van der Waals surface area contributed by atoms with E-state index in [0.717, 1.165) is 16.5 Å². The van der Waals surface area contributed by atoms with E-state index in [1.807, 2.05) is 19.9 Å². The fourth-order valence-electron chi connectivity index (χ4n) is 4.79. The monoisotopic (exact) mass is 508 g/mol. The number of aromatic nitrogens is 2. The first kappa shape index (κ1) is 24.9. The maximum absolute atomic E-state index is 13.5. The number of aliphatic hydroxyl groups is 1. The van der Waals surface area contributed by atoms with Crippen LogP contribution in [-0.2, 0) is 34.0 Å². The molecule has 0 saturated heterocycles. The van der Waals surface area contributed by atoms with Crippen LogP contribution in [0.4, 0.5) is 0 Å². The summed E-state index contributed by atoms with van der Waals surface area (Å²) in [5, 5.41) is 14.0. The van der Waals surface area contributed by atoms with E-state index in [2.05, 4.69) is 5.32 Å². The van der Waals surface area contributed by atoms with Gasteiger partial charge < -0.3 is 39.7 Å². The molecule has 2 aromatic heterocycles. The topological polar surface area (TPSA) is 155 Å². The number of ether oxygens (including phenoxy) is 3. The van der Waals surface area contributed by atoms with Gasteiger partial charge in [-0.25, -0.2) is 4.98 Å². The Bertz CT molecular complexity index is 1480. The Morgan fingerprint density at radius 3 is 2.68 bits per heavy atom. The van der Waals surface area contributed by atoms with E-state index in [4.69, 9.17) is 24.9 Å². The molecule has 5 rings (SSSR count). The molecule has 4 N–H and O–H groups in total. The van der Waals surface area contributed by atoms with Crippen molar-refractivity contribution in [3.8, 4) is 22.9 Å². The quantitative estimate of drug-likeness (QED) is 0.297. The Kier molecular flexibility index (Phi) is 6.44. The van der Waals surface area contributed by atoms with E-state index in [-0.39, 0.29) is 55.0 Å². The highest BCUT2D eigenvalue weighted by Gasteiger charge is 2.31. The van der Waals surface area contributed by atoms with E-state index in [1.54, 1.807) is 12.1 Å². The zero-order valence-corrected chi connectivity index (χ0v) is 20.7. The number of nitrogens with one attached hydrogen (secondary N) is 1. The largest absolute Gasteiger partial charge is 0.454 e. The average Bonchev–Trinajstić information content (AvgIpc) is 3.49. The Balaban J connectivity index is 1.70. The molecule has 3 aromatic rings. The molecule has 4 heterocycles. The standard InChI is InChI=1S/C26H28N4O7/c1-12(2)23(27)25(33)28-7-15-13-5-21-22(37-11-36-21)6-18(13)29-24-16(15)8-30-19(24)4-14(20(32)9-31)17(10-35-3)26(30)34/h4-6,9,12,20,23,32H,7-8,10-11,27H2,1-3H3,(H,28,33). The highest BCUT2D eigenvalue weighted by Crippen LogP contribution is 2.41. The highest BCUT2D eigenvalue weighted by atomic mass is 16.7. The van der Waals surface area contributed by atoms with Crippen LogP contribution in [0.15, 0.2) is 23.0 Å². The van der Waals surface area contributed by atoms with E-state index in [9.17, 15) is 19.5 Å². The molecule has 2 aliphatic heterocycles. The summed E-state index contributed by atoms with van der Waals surface area (Å²) in [5.41, 5.74) is 9.09. The van der Waals surface area contributed by atoms with Gasteiger partial charge in [-0.3, -0.25) is 9.59 Å². The van der Waals surface area contributed by atoms with Gasteiger partial charge in [0.2, 0.25) is 12.7 Å². The number of benzene rings is 1. The number of aliphatic hydroxyl groups excluding tert-OH is 1. The van der Waals surface area contributed by atoms with Crippen molar-refractivity contribution in [1.82, 2.24) is 14.9 Å². The van der Waals surface area contributed by atoms with Crippen molar-refractivity contribution in [3.63, 3.8) is 0 Å². The van der Waals surface area contributed by atoms with E-state index in [0.29, 0.717) is 34.7 Å². The number of fused-ring (bicyclic) bond motifs is 5. The molecule has 1 amide bonds. The van der Waals surface area contributed by atoms with Gasteiger partial charge in [-0.15, -0.1) is 0 Å². The van der Waals surface area contributed by atoms with Gasteiger partial charge in [-0.1, -0.05) is 13.8 Å². The Morgan fingerprint density at radius 2 is 2.00 bits per heavy atom. The summed E-state index contributed by atoms with van der Waals surface area (Å²) in [7, 11) is 1.43.